The number of amides is 2. The molecule has 0 unspecified atom stereocenters. The molecule has 0 aliphatic carbocycles. The summed E-state index contributed by atoms with van der Waals surface area (Å²) in [6.07, 6.45) is 3.38. The molecule has 1 aliphatic rings. The molecule has 110 valence electrons. The lowest BCUT2D eigenvalue weighted by Crippen LogP contribution is -2.27. The highest BCUT2D eigenvalue weighted by Crippen LogP contribution is 2.33. The van der Waals surface area contributed by atoms with Crippen LogP contribution in [0.1, 0.15) is 12.5 Å². The summed E-state index contributed by atoms with van der Waals surface area (Å²) in [6, 6.07) is 5.49. The van der Waals surface area contributed by atoms with Crippen LogP contribution in [0.4, 0.5) is 4.79 Å². The van der Waals surface area contributed by atoms with Gasteiger partial charge in [0.2, 0.25) is 0 Å². The van der Waals surface area contributed by atoms with Crippen LogP contribution in [-0.2, 0) is 4.79 Å². The van der Waals surface area contributed by atoms with Crippen LogP contribution in [0.3, 0.4) is 0 Å². The van der Waals surface area contributed by atoms with Crippen molar-refractivity contribution in [2.45, 2.75) is 6.92 Å². The lowest BCUT2D eigenvalue weighted by atomic mass is 10.2. The third-order valence-corrected chi connectivity index (χ3v) is 4.33. The van der Waals surface area contributed by atoms with Crippen LogP contribution < -0.4 is 4.74 Å². The predicted octanol–water partition coefficient (Wildman–Crippen LogP) is 4.07. The zero-order valence-electron chi connectivity index (χ0n) is 11.5. The zero-order valence-corrected chi connectivity index (χ0v) is 13.9. The fourth-order valence-electron chi connectivity index (χ4n) is 1.80. The number of carbonyl (C=O) groups excluding carboxylic acids is 2. The van der Waals surface area contributed by atoms with Crippen LogP contribution >= 0.6 is 27.7 Å². The molecule has 1 aromatic rings. The van der Waals surface area contributed by atoms with Crippen molar-refractivity contribution >= 4 is 44.9 Å². The van der Waals surface area contributed by atoms with Crippen LogP contribution in [0, 0.1) is 0 Å². The first-order chi connectivity index (χ1) is 10.1. The second-order valence-electron chi connectivity index (χ2n) is 4.22. The van der Waals surface area contributed by atoms with E-state index in [1.54, 1.807) is 19.1 Å². The van der Waals surface area contributed by atoms with Crippen LogP contribution in [0.15, 0.2) is 40.2 Å². The number of rotatable bonds is 5. The van der Waals surface area contributed by atoms with Gasteiger partial charge in [0.25, 0.3) is 11.1 Å². The van der Waals surface area contributed by atoms with Gasteiger partial charge in [0.15, 0.2) is 0 Å². The average Bonchev–Trinajstić information content (AvgIpc) is 2.72. The molecule has 1 aromatic carbocycles. The fraction of sp³-hybridized carbons (Fsp3) is 0.200. The molecule has 4 nitrogen and oxygen atoms in total. The molecule has 0 aromatic heterocycles. The summed E-state index contributed by atoms with van der Waals surface area (Å²) < 4.78 is 6.25. The third-order valence-electron chi connectivity index (χ3n) is 2.80. The number of halogens is 1. The molecule has 1 aliphatic heterocycles. The van der Waals surface area contributed by atoms with E-state index in [4.69, 9.17) is 4.74 Å². The normalized spacial score (nSPS) is 16.7. The van der Waals surface area contributed by atoms with Crippen molar-refractivity contribution in [3.8, 4) is 5.75 Å². The van der Waals surface area contributed by atoms with E-state index < -0.39 is 0 Å². The molecule has 0 atom stereocenters. The largest absolute Gasteiger partial charge is 0.488 e. The number of nitrogens with zero attached hydrogens (tertiary/aromatic N) is 1. The second kappa shape index (κ2) is 6.95. The lowest BCUT2D eigenvalue weighted by molar-refractivity contribution is -0.122. The van der Waals surface area contributed by atoms with Gasteiger partial charge in [0.1, 0.15) is 12.4 Å². The number of benzene rings is 1. The minimum Gasteiger partial charge on any atom is -0.488 e. The fourth-order valence-corrected chi connectivity index (χ4v) is 3.21. The van der Waals surface area contributed by atoms with Crippen molar-refractivity contribution in [3.63, 3.8) is 0 Å². The quantitative estimate of drug-likeness (QED) is 0.581. The van der Waals surface area contributed by atoms with E-state index in [1.807, 2.05) is 18.2 Å². The number of ether oxygens (including phenoxy) is 1. The highest BCUT2D eigenvalue weighted by atomic mass is 79.9. The van der Waals surface area contributed by atoms with Gasteiger partial charge in [-0.2, -0.15) is 0 Å². The second-order valence-corrected chi connectivity index (χ2v) is 6.06. The van der Waals surface area contributed by atoms with Gasteiger partial charge in [-0.15, -0.1) is 0 Å². The minimum absolute atomic E-state index is 0.223. The van der Waals surface area contributed by atoms with E-state index in [0.29, 0.717) is 23.8 Å². The van der Waals surface area contributed by atoms with Crippen molar-refractivity contribution in [2.75, 3.05) is 13.2 Å². The van der Waals surface area contributed by atoms with E-state index in [-0.39, 0.29) is 11.1 Å². The molecule has 2 amide bonds. The summed E-state index contributed by atoms with van der Waals surface area (Å²) in [5.74, 6) is 0.462. The van der Waals surface area contributed by atoms with Crippen LogP contribution in [0.5, 0.6) is 5.75 Å². The number of thioether (sulfide) groups is 1. The Hall–Kier alpha value is -1.53. The lowest BCUT2D eigenvalue weighted by Gasteiger charge is -2.07. The Kier molecular flexibility index (Phi) is 5.25. The van der Waals surface area contributed by atoms with Gasteiger partial charge in [-0.25, -0.2) is 0 Å². The van der Waals surface area contributed by atoms with Gasteiger partial charge >= 0.3 is 0 Å². The molecule has 0 saturated carbocycles. The first-order valence-electron chi connectivity index (χ1n) is 6.35. The molecule has 0 spiro atoms. The monoisotopic (exact) mass is 367 g/mol. The molecule has 0 bridgehead atoms. The standard InChI is InChI=1S/C15H14BrNO3S/c1-3-7-20-12-6-5-10(8-11(12)16)9-13-14(18)17(4-2)15(19)21-13/h3,5-6,8-9H,1,4,7H2,2H3/b13-9-. The maximum absolute atomic E-state index is 12.0. The third kappa shape index (κ3) is 3.57. The van der Waals surface area contributed by atoms with Gasteiger partial charge in [0, 0.05) is 6.54 Å². The summed E-state index contributed by atoms with van der Waals surface area (Å²) in [7, 11) is 0. The van der Waals surface area contributed by atoms with Crippen molar-refractivity contribution < 1.29 is 14.3 Å². The highest BCUT2D eigenvalue weighted by molar-refractivity contribution is 9.10. The van der Waals surface area contributed by atoms with Crippen LogP contribution in [0.25, 0.3) is 6.08 Å². The Morgan fingerprint density at radius 1 is 1.43 bits per heavy atom. The maximum atomic E-state index is 12.0. The van der Waals surface area contributed by atoms with Gasteiger partial charge in [-0.3, -0.25) is 14.5 Å². The summed E-state index contributed by atoms with van der Waals surface area (Å²) >= 11 is 4.39. The van der Waals surface area contributed by atoms with Crippen molar-refractivity contribution in [3.05, 3.63) is 45.8 Å². The topological polar surface area (TPSA) is 46.6 Å². The number of hydrogen-bond donors (Lipinski definition) is 0. The number of imide groups is 1. The molecule has 6 heteroatoms. The Morgan fingerprint density at radius 3 is 2.76 bits per heavy atom. The van der Waals surface area contributed by atoms with E-state index in [1.165, 1.54) is 4.90 Å². The van der Waals surface area contributed by atoms with E-state index >= 15 is 0 Å². The Balaban J connectivity index is 2.22. The SMILES string of the molecule is C=CCOc1ccc(/C=C2\SC(=O)N(CC)C2=O)cc1Br. The van der Waals surface area contributed by atoms with Crippen molar-refractivity contribution in [1.82, 2.24) is 4.90 Å². The molecule has 0 N–H and O–H groups in total. The zero-order chi connectivity index (χ0) is 15.4. The molecular weight excluding hydrogens is 354 g/mol. The summed E-state index contributed by atoms with van der Waals surface area (Å²) in [5, 5.41) is -0.223. The average molecular weight is 368 g/mol. The summed E-state index contributed by atoms with van der Waals surface area (Å²) in [6.45, 7) is 6.19. The van der Waals surface area contributed by atoms with Gasteiger partial charge in [-0.05, 0) is 58.4 Å². The molecule has 1 heterocycles. The number of carbonyl (C=O) groups is 2. The molecule has 2 rings (SSSR count). The van der Waals surface area contributed by atoms with E-state index in [9.17, 15) is 9.59 Å². The Bertz CT molecular complexity index is 627. The molecule has 1 fully saturated rings. The smallest absolute Gasteiger partial charge is 0.293 e. The predicted molar refractivity (Wildman–Crippen MR) is 88.2 cm³/mol. The summed E-state index contributed by atoms with van der Waals surface area (Å²) in [4.78, 5) is 25.3. The van der Waals surface area contributed by atoms with E-state index in [2.05, 4.69) is 22.5 Å². The Morgan fingerprint density at radius 2 is 2.19 bits per heavy atom. The van der Waals surface area contributed by atoms with Crippen LogP contribution in [-0.4, -0.2) is 29.2 Å². The molecule has 0 radical (unpaired) electrons. The molecule has 21 heavy (non-hydrogen) atoms. The van der Waals surface area contributed by atoms with Crippen molar-refractivity contribution in [1.29, 1.82) is 0 Å². The first kappa shape index (κ1) is 15.9. The van der Waals surface area contributed by atoms with Gasteiger partial charge < -0.3 is 4.74 Å². The van der Waals surface area contributed by atoms with Crippen LogP contribution in [0.2, 0.25) is 0 Å². The number of hydrogen-bond acceptors (Lipinski definition) is 4. The van der Waals surface area contributed by atoms with Crippen molar-refractivity contribution in [2.24, 2.45) is 0 Å². The van der Waals surface area contributed by atoms with Gasteiger partial charge in [0.05, 0.1) is 9.38 Å². The minimum atomic E-state index is -0.240. The van der Waals surface area contributed by atoms with Gasteiger partial charge in [-0.1, -0.05) is 18.7 Å². The molecular formula is C15H14BrNO3S. The Labute approximate surface area is 136 Å². The van der Waals surface area contributed by atoms with E-state index in [0.717, 1.165) is 21.8 Å². The first-order valence-corrected chi connectivity index (χ1v) is 7.96. The maximum Gasteiger partial charge on any atom is 0.293 e. The highest BCUT2D eigenvalue weighted by Gasteiger charge is 2.33. The number of likely N-dealkylation sites (N-methyl/N-ethyl adjacent to an activating group) is 1. The summed E-state index contributed by atoms with van der Waals surface area (Å²) in [5.41, 5.74) is 0.828. The molecule has 1 saturated heterocycles.